The largest absolute Gasteiger partial charge is 0.493 e. The molecule has 5 heteroatoms. The lowest BCUT2D eigenvalue weighted by Crippen LogP contribution is -2.51. The first kappa shape index (κ1) is 15.8. The molecule has 0 bridgehead atoms. The number of carbonyl (C=O) groups excluding carboxylic acids is 1. The molecule has 2 N–H and O–H groups in total. The molecule has 5 nitrogen and oxygen atoms in total. The van der Waals surface area contributed by atoms with E-state index in [-0.39, 0.29) is 18.1 Å². The van der Waals surface area contributed by atoms with Gasteiger partial charge in [0, 0.05) is 26.2 Å². The summed E-state index contributed by atoms with van der Waals surface area (Å²) in [5.41, 5.74) is 5.79. The molecule has 21 heavy (non-hydrogen) atoms. The van der Waals surface area contributed by atoms with E-state index < -0.39 is 0 Å². The van der Waals surface area contributed by atoms with Gasteiger partial charge in [-0.15, -0.1) is 0 Å². The first-order valence-electron chi connectivity index (χ1n) is 7.44. The summed E-state index contributed by atoms with van der Waals surface area (Å²) in [6.45, 7) is 1.58. The summed E-state index contributed by atoms with van der Waals surface area (Å²) in [7, 11) is 1.71. The van der Waals surface area contributed by atoms with Crippen molar-refractivity contribution in [2.24, 2.45) is 5.73 Å². The first-order chi connectivity index (χ1) is 10.2. The van der Waals surface area contributed by atoms with E-state index in [1.165, 1.54) is 0 Å². The van der Waals surface area contributed by atoms with Crippen molar-refractivity contribution in [2.45, 2.75) is 31.4 Å². The first-order valence-corrected chi connectivity index (χ1v) is 7.44. The number of methoxy groups -OCH3 is 1. The van der Waals surface area contributed by atoms with Crippen LogP contribution in [0.1, 0.15) is 19.3 Å². The minimum Gasteiger partial charge on any atom is -0.493 e. The molecule has 1 heterocycles. The fourth-order valence-corrected chi connectivity index (χ4v) is 2.70. The number of amides is 1. The van der Waals surface area contributed by atoms with Crippen LogP contribution in [0.5, 0.6) is 5.75 Å². The van der Waals surface area contributed by atoms with Gasteiger partial charge in [-0.25, -0.2) is 0 Å². The molecule has 0 aromatic heterocycles. The van der Waals surface area contributed by atoms with Gasteiger partial charge in [0.05, 0.1) is 19.1 Å². The second kappa shape index (κ2) is 8.00. The third kappa shape index (κ3) is 4.44. The smallest absolute Gasteiger partial charge is 0.226 e. The van der Waals surface area contributed by atoms with E-state index in [0.29, 0.717) is 26.1 Å². The third-order valence-corrected chi connectivity index (χ3v) is 3.92. The van der Waals surface area contributed by atoms with E-state index in [1.54, 1.807) is 7.11 Å². The molecule has 1 aliphatic heterocycles. The monoisotopic (exact) mass is 292 g/mol. The molecule has 1 saturated heterocycles. The molecule has 1 amide bonds. The maximum Gasteiger partial charge on any atom is 0.226 e. The Morgan fingerprint density at radius 1 is 1.38 bits per heavy atom. The van der Waals surface area contributed by atoms with Gasteiger partial charge in [0.1, 0.15) is 5.75 Å². The van der Waals surface area contributed by atoms with Crippen molar-refractivity contribution >= 4 is 5.91 Å². The van der Waals surface area contributed by atoms with Crippen LogP contribution < -0.4 is 10.5 Å². The van der Waals surface area contributed by atoms with Gasteiger partial charge in [-0.1, -0.05) is 18.2 Å². The van der Waals surface area contributed by atoms with Gasteiger partial charge in [-0.2, -0.15) is 0 Å². The quantitative estimate of drug-likeness (QED) is 0.861. The summed E-state index contributed by atoms with van der Waals surface area (Å²) in [6.07, 6.45) is 2.28. The van der Waals surface area contributed by atoms with E-state index in [9.17, 15) is 4.79 Å². The summed E-state index contributed by atoms with van der Waals surface area (Å²) < 4.78 is 10.9. The molecular weight excluding hydrogens is 268 g/mol. The predicted octanol–water partition coefficient (Wildman–Crippen LogP) is 1.42. The highest BCUT2D eigenvalue weighted by atomic mass is 16.5. The number of rotatable bonds is 6. The minimum absolute atomic E-state index is 0.0768. The van der Waals surface area contributed by atoms with E-state index >= 15 is 0 Å². The number of carbonyl (C=O) groups is 1. The highest BCUT2D eigenvalue weighted by Gasteiger charge is 2.30. The maximum absolute atomic E-state index is 12.3. The average molecular weight is 292 g/mol. The topological polar surface area (TPSA) is 64.8 Å². The normalized spacial score (nSPS) is 22.1. The molecular formula is C16H24N2O3. The van der Waals surface area contributed by atoms with Gasteiger partial charge in [0.2, 0.25) is 5.91 Å². The van der Waals surface area contributed by atoms with Crippen LogP contribution in [0.25, 0.3) is 0 Å². The number of hydrogen-bond donors (Lipinski definition) is 1. The zero-order chi connectivity index (χ0) is 15.1. The number of benzene rings is 1. The molecule has 2 rings (SSSR count). The van der Waals surface area contributed by atoms with E-state index in [2.05, 4.69) is 0 Å². The standard InChI is InChI=1S/C16H24N2O3/c1-20-15-7-9-18(13(11-15)12-17)16(19)8-10-21-14-5-3-2-4-6-14/h2-6,13,15H,7-12,17H2,1H3. The summed E-state index contributed by atoms with van der Waals surface area (Å²) in [5.74, 6) is 0.898. The fraction of sp³-hybridized carbons (Fsp3) is 0.562. The Hall–Kier alpha value is -1.59. The lowest BCUT2D eigenvalue weighted by Gasteiger charge is -2.38. The Kier molecular flexibility index (Phi) is 6.02. The Balaban J connectivity index is 1.79. The number of nitrogens with zero attached hydrogens (tertiary/aromatic N) is 1. The number of likely N-dealkylation sites (tertiary alicyclic amines) is 1. The van der Waals surface area contributed by atoms with E-state index in [0.717, 1.165) is 18.6 Å². The highest BCUT2D eigenvalue weighted by Crippen LogP contribution is 2.20. The number of ether oxygens (including phenoxy) is 2. The summed E-state index contributed by atoms with van der Waals surface area (Å²) in [4.78, 5) is 14.2. The molecule has 1 fully saturated rings. The van der Waals surface area contributed by atoms with Crippen molar-refractivity contribution in [3.8, 4) is 5.75 Å². The van der Waals surface area contributed by atoms with Crippen LogP contribution in [0, 0.1) is 0 Å². The van der Waals surface area contributed by atoms with Gasteiger partial charge in [0.15, 0.2) is 0 Å². The maximum atomic E-state index is 12.3. The molecule has 0 radical (unpaired) electrons. The van der Waals surface area contributed by atoms with Gasteiger partial charge in [-0.3, -0.25) is 4.79 Å². The number of piperidine rings is 1. The molecule has 2 unspecified atom stereocenters. The van der Waals surface area contributed by atoms with Crippen LogP contribution in [0.15, 0.2) is 30.3 Å². The molecule has 1 aliphatic rings. The SMILES string of the molecule is COC1CCN(C(=O)CCOc2ccccc2)C(CN)C1. The summed E-state index contributed by atoms with van der Waals surface area (Å²) in [6, 6.07) is 9.61. The molecule has 2 atom stereocenters. The van der Waals surface area contributed by atoms with Crippen molar-refractivity contribution in [1.29, 1.82) is 0 Å². The van der Waals surface area contributed by atoms with E-state index in [1.807, 2.05) is 35.2 Å². The Morgan fingerprint density at radius 3 is 2.81 bits per heavy atom. The van der Waals surface area contributed by atoms with Crippen molar-refractivity contribution in [2.75, 3.05) is 26.8 Å². The third-order valence-electron chi connectivity index (χ3n) is 3.92. The molecule has 1 aromatic rings. The van der Waals surface area contributed by atoms with Crippen molar-refractivity contribution < 1.29 is 14.3 Å². The minimum atomic E-state index is 0.0768. The van der Waals surface area contributed by atoms with Crippen molar-refractivity contribution in [1.82, 2.24) is 4.90 Å². The van der Waals surface area contributed by atoms with Crippen molar-refractivity contribution in [3.05, 3.63) is 30.3 Å². The molecule has 1 aromatic carbocycles. The van der Waals surface area contributed by atoms with Crippen LogP contribution in [0.2, 0.25) is 0 Å². The van der Waals surface area contributed by atoms with E-state index in [4.69, 9.17) is 15.2 Å². The second-order valence-electron chi connectivity index (χ2n) is 5.27. The Morgan fingerprint density at radius 2 is 2.14 bits per heavy atom. The van der Waals surface area contributed by atoms with Gasteiger partial charge < -0.3 is 20.1 Å². The van der Waals surface area contributed by atoms with Gasteiger partial charge in [-0.05, 0) is 25.0 Å². The lowest BCUT2D eigenvalue weighted by atomic mass is 9.99. The number of nitrogens with two attached hydrogens (primary N) is 1. The number of hydrogen-bond acceptors (Lipinski definition) is 4. The zero-order valence-corrected chi connectivity index (χ0v) is 12.5. The summed E-state index contributed by atoms with van der Waals surface area (Å²) >= 11 is 0. The summed E-state index contributed by atoms with van der Waals surface area (Å²) in [5, 5.41) is 0. The lowest BCUT2D eigenvalue weighted by molar-refractivity contribution is -0.137. The van der Waals surface area contributed by atoms with Gasteiger partial charge in [0.25, 0.3) is 0 Å². The molecule has 0 aliphatic carbocycles. The van der Waals surface area contributed by atoms with Crippen LogP contribution in [0.3, 0.4) is 0 Å². The van der Waals surface area contributed by atoms with Crippen LogP contribution in [-0.2, 0) is 9.53 Å². The number of para-hydroxylation sites is 1. The molecule has 0 spiro atoms. The zero-order valence-electron chi connectivity index (χ0n) is 12.5. The predicted molar refractivity (Wildman–Crippen MR) is 81.1 cm³/mol. The fourth-order valence-electron chi connectivity index (χ4n) is 2.70. The van der Waals surface area contributed by atoms with Crippen LogP contribution >= 0.6 is 0 Å². The average Bonchev–Trinajstić information content (AvgIpc) is 2.55. The van der Waals surface area contributed by atoms with Crippen LogP contribution in [-0.4, -0.2) is 49.8 Å². The highest BCUT2D eigenvalue weighted by molar-refractivity contribution is 5.76. The second-order valence-corrected chi connectivity index (χ2v) is 5.27. The Labute approximate surface area is 126 Å². The van der Waals surface area contributed by atoms with Crippen molar-refractivity contribution in [3.63, 3.8) is 0 Å². The Bertz CT molecular complexity index is 438. The van der Waals surface area contributed by atoms with Crippen LogP contribution in [0.4, 0.5) is 0 Å². The van der Waals surface area contributed by atoms with Gasteiger partial charge >= 0.3 is 0 Å². The molecule has 0 saturated carbocycles. The molecule has 116 valence electrons.